The number of thioether (sulfide) groups is 1. The zero-order valence-corrected chi connectivity index (χ0v) is 12.9. The summed E-state index contributed by atoms with van der Waals surface area (Å²) in [5.41, 5.74) is 3.40. The van der Waals surface area contributed by atoms with Crippen molar-refractivity contribution in [1.29, 1.82) is 0 Å². The van der Waals surface area contributed by atoms with Gasteiger partial charge in [-0.05, 0) is 48.9 Å². The van der Waals surface area contributed by atoms with Crippen LogP contribution >= 0.6 is 23.4 Å². The molecule has 0 aliphatic rings. The summed E-state index contributed by atoms with van der Waals surface area (Å²) in [5, 5.41) is 4.36. The number of nitrogens with zero attached hydrogens (tertiary/aromatic N) is 2. The summed E-state index contributed by atoms with van der Waals surface area (Å²) in [6.07, 6.45) is 4.92. The Bertz CT molecular complexity index is 617. The summed E-state index contributed by atoms with van der Waals surface area (Å²) in [5.74, 6) is -0.153. The monoisotopic (exact) mass is 319 g/mol. The molecule has 0 aliphatic carbocycles. The lowest BCUT2D eigenvalue weighted by atomic mass is 10.3. The molecular formula is C15H14ClN3OS. The van der Waals surface area contributed by atoms with Crippen LogP contribution in [0.15, 0.2) is 58.8 Å². The summed E-state index contributed by atoms with van der Waals surface area (Å²) in [7, 11) is 0. The molecule has 2 rings (SSSR count). The Kier molecular flexibility index (Phi) is 5.78. The van der Waals surface area contributed by atoms with Crippen LogP contribution in [-0.2, 0) is 4.79 Å². The number of halogens is 1. The largest absolute Gasteiger partial charge is 0.272 e. The lowest BCUT2D eigenvalue weighted by molar-refractivity contribution is -0.120. The molecule has 4 nitrogen and oxygen atoms in total. The van der Waals surface area contributed by atoms with Crippen molar-refractivity contribution < 1.29 is 4.79 Å². The number of benzene rings is 1. The predicted octanol–water partition coefficient (Wildman–Crippen LogP) is 3.37. The number of hydrogen-bond acceptors (Lipinski definition) is 4. The molecule has 0 spiro atoms. The molecule has 0 radical (unpaired) electrons. The third-order valence-corrected chi connectivity index (χ3v) is 3.95. The van der Waals surface area contributed by atoms with Crippen molar-refractivity contribution in [3.8, 4) is 0 Å². The van der Waals surface area contributed by atoms with Crippen LogP contribution in [-0.4, -0.2) is 22.4 Å². The molecule has 1 atom stereocenters. The maximum Gasteiger partial charge on any atom is 0.253 e. The molecule has 21 heavy (non-hydrogen) atoms. The highest BCUT2D eigenvalue weighted by molar-refractivity contribution is 8.00. The Morgan fingerprint density at radius 2 is 1.95 bits per heavy atom. The Labute approximate surface area is 132 Å². The van der Waals surface area contributed by atoms with Crippen LogP contribution in [0.5, 0.6) is 0 Å². The van der Waals surface area contributed by atoms with Crippen LogP contribution < -0.4 is 5.43 Å². The van der Waals surface area contributed by atoms with Crippen LogP contribution in [0.3, 0.4) is 0 Å². The Morgan fingerprint density at radius 3 is 2.62 bits per heavy atom. The Balaban J connectivity index is 1.85. The zero-order valence-electron chi connectivity index (χ0n) is 11.4. The number of rotatable bonds is 5. The number of amides is 1. The van der Waals surface area contributed by atoms with Crippen molar-refractivity contribution in [3.63, 3.8) is 0 Å². The first-order chi connectivity index (χ1) is 10.1. The van der Waals surface area contributed by atoms with Gasteiger partial charge in [-0.1, -0.05) is 11.6 Å². The second kappa shape index (κ2) is 7.81. The number of carbonyl (C=O) groups excluding carboxylic acids is 1. The van der Waals surface area contributed by atoms with E-state index in [1.807, 2.05) is 31.2 Å². The van der Waals surface area contributed by atoms with Gasteiger partial charge in [-0.2, -0.15) is 5.10 Å². The maximum atomic E-state index is 11.9. The quantitative estimate of drug-likeness (QED) is 0.522. The first kappa shape index (κ1) is 15.5. The van der Waals surface area contributed by atoms with Gasteiger partial charge in [-0.25, -0.2) is 5.43 Å². The fourth-order valence-corrected chi connectivity index (χ4v) is 2.47. The molecule has 2 aromatic rings. The molecule has 6 heteroatoms. The van der Waals surface area contributed by atoms with Crippen molar-refractivity contribution in [2.24, 2.45) is 5.10 Å². The fourth-order valence-electron chi connectivity index (χ4n) is 1.48. The van der Waals surface area contributed by atoms with E-state index < -0.39 is 0 Å². The molecule has 1 aromatic heterocycles. The number of aromatic nitrogens is 1. The third kappa shape index (κ3) is 5.21. The van der Waals surface area contributed by atoms with Crippen LogP contribution in [0.4, 0.5) is 0 Å². The second-order valence-corrected chi connectivity index (χ2v) is 6.08. The van der Waals surface area contributed by atoms with Gasteiger partial charge < -0.3 is 0 Å². The van der Waals surface area contributed by atoms with E-state index in [9.17, 15) is 4.79 Å². The summed E-state index contributed by atoms with van der Waals surface area (Å²) in [4.78, 5) is 16.8. The second-order valence-electron chi connectivity index (χ2n) is 4.23. The summed E-state index contributed by atoms with van der Waals surface area (Å²) < 4.78 is 0. The van der Waals surface area contributed by atoms with Crippen LogP contribution in [0, 0.1) is 0 Å². The van der Waals surface area contributed by atoms with E-state index in [-0.39, 0.29) is 11.2 Å². The van der Waals surface area contributed by atoms with Gasteiger partial charge in [0, 0.05) is 22.3 Å². The average Bonchev–Trinajstić information content (AvgIpc) is 2.50. The highest BCUT2D eigenvalue weighted by Crippen LogP contribution is 2.24. The van der Waals surface area contributed by atoms with Gasteiger partial charge in [0.05, 0.1) is 11.5 Å². The van der Waals surface area contributed by atoms with Gasteiger partial charge in [0.1, 0.15) is 0 Å². The molecule has 0 saturated carbocycles. The standard InChI is InChI=1S/C15H14ClN3OS/c1-11(21-14-4-2-13(16)3-5-14)15(20)19-18-10-12-6-8-17-9-7-12/h2-11H,1H3,(H,19,20)/b18-10-/t11-/m1/s1. The lowest BCUT2D eigenvalue weighted by Gasteiger charge is -2.09. The van der Waals surface area contributed by atoms with Crippen LogP contribution in [0.1, 0.15) is 12.5 Å². The molecule has 1 aromatic carbocycles. The van der Waals surface area contributed by atoms with E-state index in [1.165, 1.54) is 11.8 Å². The van der Waals surface area contributed by atoms with Gasteiger partial charge in [-0.3, -0.25) is 9.78 Å². The molecular weight excluding hydrogens is 306 g/mol. The Morgan fingerprint density at radius 1 is 1.29 bits per heavy atom. The fraction of sp³-hybridized carbons (Fsp3) is 0.133. The zero-order chi connectivity index (χ0) is 15.1. The number of hydrazone groups is 1. The van der Waals surface area contributed by atoms with Crippen LogP contribution in [0.2, 0.25) is 5.02 Å². The molecule has 0 unspecified atom stereocenters. The lowest BCUT2D eigenvalue weighted by Crippen LogP contribution is -2.26. The van der Waals surface area contributed by atoms with Gasteiger partial charge >= 0.3 is 0 Å². The molecule has 0 aliphatic heterocycles. The molecule has 1 N–H and O–H groups in total. The van der Waals surface area contributed by atoms with Crippen molar-refractivity contribution in [2.45, 2.75) is 17.1 Å². The SMILES string of the molecule is C[C@@H](Sc1ccc(Cl)cc1)C(=O)N/N=C\c1ccncc1. The van der Waals surface area contributed by atoms with Crippen LogP contribution in [0.25, 0.3) is 0 Å². The molecule has 108 valence electrons. The van der Waals surface area contributed by atoms with E-state index >= 15 is 0 Å². The number of hydrogen-bond donors (Lipinski definition) is 1. The average molecular weight is 320 g/mol. The van der Waals surface area contributed by atoms with E-state index in [4.69, 9.17) is 11.6 Å². The third-order valence-electron chi connectivity index (χ3n) is 2.59. The van der Waals surface area contributed by atoms with E-state index in [1.54, 1.807) is 30.7 Å². The van der Waals surface area contributed by atoms with Gasteiger partial charge in [-0.15, -0.1) is 11.8 Å². The number of pyridine rings is 1. The van der Waals surface area contributed by atoms with E-state index in [0.717, 1.165) is 10.5 Å². The minimum Gasteiger partial charge on any atom is -0.272 e. The summed E-state index contributed by atoms with van der Waals surface area (Å²) in [6.45, 7) is 1.83. The number of carbonyl (C=O) groups is 1. The topological polar surface area (TPSA) is 54.4 Å². The first-order valence-corrected chi connectivity index (χ1v) is 7.56. The van der Waals surface area contributed by atoms with Gasteiger partial charge in [0.15, 0.2) is 0 Å². The molecule has 0 fully saturated rings. The maximum absolute atomic E-state index is 11.9. The highest BCUT2D eigenvalue weighted by atomic mass is 35.5. The molecule has 1 amide bonds. The molecule has 0 saturated heterocycles. The van der Waals surface area contributed by atoms with Crippen molar-refractivity contribution in [1.82, 2.24) is 10.4 Å². The minimum atomic E-state index is -0.249. The van der Waals surface area contributed by atoms with Gasteiger partial charge in [0.2, 0.25) is 0 Å². The van der Waals surface area contributed by atoms with Crippen molar-refractivity contribution >= 4 is 35.5 Å². The first-order valence-electron chi connectivity index (χ1n) is 6.30. The van der Waals surface area contributed by atoms with E-state index in [2.05, 4.69) is 15.5 Å². The van der Waals surface area contributed by atoms with Crippen molar-refractivity contribution in [2.75, 3.05) is 0 Å². The summed E-state index contributed by atoms with van der Waals surface area (Å²) in [6, 6.07) is 11.0. The minimum absolute atomic E-state index is 0.153. The van der Waals surface area contributed by atoms with Gasteiger partial charge in [0.25, 0.3) is 5.91 Å². The number of nitrogens with one attached hydrogen (secondary N) is 1. The molecule has 1 heterocycles. The Hall–Kier alpha value is -1.85. The molecule has 0 bridgehead atoms. The predicted molar refractivity (Wildman–Crippen MR) is 86.7 cm³/mol. The highest BCUT2D eigenvalue weighted by Gasteiger charge is 2.13. The van der Waals surface area contributed by atoms with Crippen molar-refractivity contribution in [3.05, 3.63) is 59.4 Å². The normalized spacial score (nSPS) is 12.3. The van der Waals surface area contributed by atoms with E-state index in [0.29, 0.717) is 5.02 Å². The summed E-state index contributed by atoms with van der Waals surface area (Å²) >= 11 is 7.28. The smallest absolute Gasteiger partial charge is 0.253 e.